The third-order valence-electron chi connectivity index (χ3n) is 4.53. The van der Waals surface area contributed by atoms with Crippen molar-refractivity contribution in [3.8, 4) is 6.07 Å². The van der Waals surface area contributed by atoms with Gasteiger partial charge in [-0.15, -0.1) is 11.8 Å². The summed E-state index contributed by atoms with van der Waals surface area (Å²) in [5.41, 5.74) is 3.91. The van der Waals surface area contributed by atoms with Crippen molar-refractivity contribution in [2.75, 3.05) is 28.3 Å². The van der Waals surface area contributed by atoms with Gasteiger partial charge in [-0.05, 0) is 43.3 Å². The average molecular weight is 402 g/mol. The summed E-state index contributed by atoms with van der Waals surface area (Å²) in [6, 6.07) is 15.2. The fraction of sp³-hybridized carbons (Fsp3) is 0.143. The normalized spacial score (nSPS) is 12.9. The van der Waals surface area contributed by atoms with E-state index in [1.807, 2.05) is 31.2 Å². The number of anilines is 5. The maximum Gasteiger partial charge on any atom is 0.237 e. The Morgan fingerprint density at radius 3 is 2.83 bits per heavy atom. The van der Waals surface area contributed by atoms with Crippen molar-refractivity contribution in [3.05, 3.63) is 59.8 Å². The minimum atomic E-state index is 0.0870. The molecule has 0 bridgehead atoms. The number of thioether (sulfide) groups is 1. The summed E-state index contributed by atoms with van der Waals surface area (Å²) in [7, 11) is 1.79. The lowest BCUT2D eigenvalue weighted by atomic mass is 10.2. The standard InChI is InChI=1S/C21H18N6OS/c1-13-11-23-21(25-15-5-3-4-14(8-15)10-22)26-20(13)24-16-6-7-18-17(9-16)27(2)19(28)12-29-18/h3-9,11H,12H2,1-2H3,(H2,23,24,25,26). The van der Waals surface area contributed by atoms with Crippen LogP contribution in [0.2, 0.25) is 0 Å². The fourth-order valence-corrected chi connectivity index (χ4v) is 3.89. The van der Waals surface area contributed by atoms with Gasteiger partial charge in [0.1, 0.15) is 5.82 Å². The van der Waals surface area contributed by atoms with Crippen molar-refractivity contribution in [2.45, 2.75) is 11.8 Å². The number of carbonyl (C=O) groups is 1. The molecule has 2 aromatic carbocycles. The number of hydrogen-bond donors (Lipinski definition) is 2. The van der Waals surface area contributed by atoms with Gasteiger partial charge in [0.05, 0.1) is 23.1 Å². The molecule has 4 rings (SSSR count). The molecule has 2 N–H and O–H groups in total. The van der Waals surface area contributed by atoms with Crippen LogP contribution in [0, 0.1) is 18.3 Å². The number of amides is 1. The summed E-state index contributed by atoms with van der Waals surface area (Å²) in [6.07, 6.45) is 1.73. The number of fused-ring (bicyclic) bond motifs is 1. The van der Waals surface area contributed by atoms with E-state index >= 15 is 0 Å². The highest BCUT2D eigenvalue weighted by Gasteiger charge is 2.21. The Labute approximate surface area is 172 Å². The molecule has 7 nitrogen and oxygen atoms in total. The molecule has 0 spiro atoms. The molecule has 0 unspecified atom stereocenters. The maximum absolute atomic E-state index is 12.0. The summed E-state index contributed by atoms with van der Waals surface area (Å²) >= 11 is 1.55. The number of rotatable bonds is 4. The third kappa shape index (κ3) is 4.00. The number of aromatic nitrogens is 2. The molecular formula is C21H18N6OS. The van der Waals surface area contributed by atoms with Crippen LogP contribution in [0.5, 0.6) is 0 Å². The molecule has 0 aliphatic carbocycles. The van der Waals surface area contributed by atoms with Crippen LogP contribution >= 0.6 is 11.8 Å². The van der Waals surface area contributed by atoms with Gasteiger partial charge in [-0.3, -0.25) is 4.79 Å². The molecule has 0 fully saturated rings. The lowest BCUT2D eigenvalue weighted by molar-refractivity contribution is -0.116. The molecule has 0 saturated carbocycles. The predicted molar refractivity (Wildman–Crippen MR) is 115 cm³/mol. The Kier molecular flexibility index (Phi) is 5.06. The monoisotopic (exact) mass is 402 g/mol. The van der Waals surface area contributed by atoms with Gasteiger partial charge in [0.25, 0.3) is 0 Å². The molecule has 0 atom stereocenters. The molecule has 2 heterocycles. The number of nitrogens with zero attached hydrogens (tertiary/aromatic N) is 4. The quantitative estimate of drug-likeness (QED) is 0.675. The van der Waals surface area contributed by atoms with E-state index in [1.165, 1.54) is 0 Å². The Bertz CT molecular complexity index is 1140. The van der Waals surface area contributed by atoms with Gasteiger partial charge in [0, 0.05) is 35.1 Å². The Balaban J connectivity index is 1.59. The Morgan fingerprint density at radius 1 is 1.17 bits per heavy atom. The van der Waals surface area contributed by atoms with Gasteiger partial charge in [-0.25, -0.2) is 4.98 Å². The van der Waals surface area contributed by atoms with Crippen molar-refractivity contribution in [2.24, 2.45) is 0 Å². The molecule has 1 aromatic heterocycles. The zero-order valence-electron chi connectivity index (χ0n) is 15.9. The van der Waals surface area contributed by atoms with Crippen molar-refractivity contribution < 1.29 is 4.79 Å². The Morgan fingerprint density at radius 2 is 2.00 bits per heavy atom. The first kappa shape index (κ1) is 18.8. The van der Waals surface area contributed by atoms with E-state index < -0.39 is 0 Å². The molecule has 0 saturated heterocycles. The van der Waals surface area contributed by atoms with Gasteiger partial charge in [-0.1, -0.05) is 6.07 Å². The summed E-state index contributed by atoms with van der Waals surface area (Å²) in [5, 5.41) is 15.5. The molecule has 29 heavy (non-hydrogen) atoms. The first-order valence-corrected chi connectivity index (χ1v) is 9.93. The molecule has 1 aliphatic heterocycles. The lowest BCUT2D eigenvalue weighted by Crippen LogP contribution is -2.31. The topological polar surface area (TPSA) is 93.9 Å². The fourth-order valence-electron chi connectivity index (χ4n) is 2.91. The van der Waals surface area contributed by atoms with Crippen LogP contribution in [0.4, 0.5) is 28.8 Å². The summed E-state index contributed by atoms with van der Waals surface area (Å²) < 4.78 is 0. The van der Waals surface area contributed by atoms with Crippen LogP contribution < -0.4 is 15.5 Å². The van der Waals surface area contributed by atoms with E-state index in [1.54, 1.807) is 48.1 Å². The number of nitrogens with one attached hydrogen (secondary N) is 2. The second kappa shape index (κ2) is 7.81. The third-order valence-corrected chi connectivity index (χ3v) is 5.58. The first-order valence-electron chi connectivity index (χ1n) is 8.95. The van der Waals surface area contributed by atoms with Gasteiger partial charge in [0.15, 0.2) is 0 Å². The van der Waals surface area contributed by atoms with E-state index in [4.69, 9.17) is 5.26 Å². The van der Waals surface area contributed by atoms with Gasteiger partial charge in [-0.2, -0.15) is 10.2 Å². The molecule has 144 valence electrons. The predicted octanol–water partition coefficient (Wildman–Crippen LogP) is 4.21. The Hall–Kier alpha value is -3.57. The van der Waals surface area contributed by atoms with Crippen molar-refractivity contribution in [1.29, 1.82) is 5.26 Å². The van der Waals surface area contributed by atoms with Crippen molar-refractivity contribution in [1.82, 2.24) is 9.97 Å². The summed E-state index contributed by atoms with van der Waals surface area (Å²) in [4.78, 5) is 23.6. The average Bonchev–Trinajstić information content (AvgIpc) is 2.73. The molecule has 8 heteroatoms. The van der Waals surface area contributed by atoms with E-state index in [-0.39, 0.29) is 5.91 Å². The van der Waals surface area contributed by atoms with Gasteiger partial charge < -0.3 is 15.5 Å². The minimum Gasteiger partial charge on any atom is -0.340 e. The highest BCUT2D eigenvalue weighted by atomic mass is 32.2. The number of benzene rings is 2. The number of aryl methyl sites for hydroxylation is 1. The number of nitriles is 1. The molecule has 0 radical (unpaired) electrons. The van der Waals surface area contributed by atoms with Crippen molar-refractivity contribution >= 4 is 46.5 Å². The van der Waals surface area contributed by atoms with E-state index in [2.05, 4.69) is 26.7 Å². The lowest BCUT2D eigenvalue weighted by Gasteiger charge is -2.25. The molecular weight excluding hydrogens is 384 g/mol. The van der Waals surface area contributed by atoms with Crippen molar-refractivity contribution in [3.63, 3.8) is 0 Å². The highest BCUT2D eigenvalue weighted by molar-refractivity contribution is 8.00. The van der Waals surface area contributed by atoms with E-state index in [0.717, 1.165) is 27.5 Å². The zero-order chi connectivity index (χ0) is 20.4. The van der Waals surface area contributed by atoms with Crippen LogP contribution in [0.15, 0.2) is 53.6 Å². The highest BCUT2D eigenvalue weighted by Crippen LogP contribution is 2.37. The molecule has 1 amide bonds. The summed E-state index contributed by atoms with van der Waals surface area (Å²) in [6.45, 7) is 1.92. The zero-order valence-corrected chi connectivity index (χ0v) is 16.7. The maximum atomic E-state index is 12.0. The van der Waals surface area contributed by atoms with Gasteiger partial charge >= 0.3 is 0 Å². The summed E-state index contributed by atoms with van der Waals surface area (Å²) in [5.74, 6) is 1.64. The smallest absolute Gasteiger partial charge is 0.237 e. The van der Waals surface area contributed by atoms with Gasteiger partial charge in [0.2, 0.25) is 11.9 Å². The second-order valence-electron chi connectivity index (χ2n) is 6.59. The SMILES string of the molecule is Cc1cnc(Nc2cccc(C#N)c2)nc1Nc1ccc2c(c1)N(C)C(=O)CS2. The van der Waals surface area contributed by atoms with Crippen LogP contribution in [-0.4, -0.2) is 28.7 Å². The number of carbonyl (C=O) groups excluding carboxylic acids is 1. The van der Waals surface area contributed by atoms with E-state index in [9.17, 15) is 4.79 Å². The largest absolute Gasteiger partial charge is 0.340 e. The van der Waals surface area contributed by atoms with Crippen LogP contribution in [0.1, 0.15) is 11.1 Å². The van der Waals surface area contributed by atoms with E-state index in [0.29, 0.717) is 23.1 Å². The minimum absolute atomic E-state index is 0.0870. The van der Waals surface area contributed by atoms with Crippen LogP contribution in [0.25, 0.3) is 0 Å². The molecule has 1 aliphatic rings. The second-order valence-corrected chi connectivity index (χ2v) is 7.61. The molecule has 3 aromatic rings. The van der Waals surface area contributed by atoms with Crippen LogP contribution in [-0.2, 0) is 4.79 Å². The first-order chi connectivity index (χ1) is 14.0. The number of hydrogen-bond acceptors (Lipinski definition) is 7. The van der Waals surface area contributed by atoms with Crippen LogP contribution in [0.3, 0.4) is 0 Å².